The first-order valence-corrected chi connectivity index (χ1v) is 9.16. The SMILES string of the molecule is CC(=O)N1CCN(S(=O)(=O)c2cccnc2)C[C@@H]1c1ccccc1. The number of carbonyl (C=O) groups excluding carboxylic acids is 1. The van der Waals surface area contributed by atoms with Gasteiger partial charge in [0, 0.05) is 39.0 Å². The van der Waals surface area contributed by atoms with Gasteiger partial charge in [-0.2, -0.15) is 4.31 Å². The minimum Gasteiger partial charge on any atom is -0.333 e. The first-order chi connectivity index (χ1) is 11.5. The average Bonchev–Trinajstić information content (AvgIpc) is 2.62. The molecule has 126 valence electrons. The smallest absolute Gasteiger partial charge is 0.244 e. The fourth-order valence-electron chi connectivity index (χ4n) is 2.96. The highest BCUT2D eigenvalue weighted by molar-refractivity contribution is 7.89. The molecular weight excluding hydrogens is 326 g/mol. The van der Waals surface area contributed by atoms with E-state index in [1.54, 1.807) is 17.2 Å². The molecule has 3 rings (SSSR count). The largest absolute Gasteiger partial charge is 0.333 e. The number of hydrogen-bond donors (Lipinski definition) is 0. The van der Waals surface area contributed by atoms with Gasteiger partial charge in [-0.15, -0.1) is 0 Å². The molecule has 0 aliphatic carbocycles. The van der Waals surface area contributed by atoms with E-state index in [9.17, 15) is 13.2 Å². The van der Waals surface area contributed by atoms with Gasteiger partial charge in [0.25, 0.3) is 0 Å². The topological polar surface area (TPSA) is 70.6 Å². The van der Waals surface area contributed by atoms with Crippen LogP contribution < -0.4 is 0 Å². The van der Waals surface area contributed by atoms with Crippen LogP contribution in [0.25, 0.3) is 0 Å². The molecule has 6 nitrogen and oxygen atoms in total. The van der Waals surface area contributed by atoms with Crippen molar-refractivity contribution in [3.8, 4) is 0 Å². The quantitative estimate of drug-likeness (QED) is 0.848. The van der Waals surface area contributed by atoms with E-state index >= 15 is 0 Å². The summed E-state index contributed by atoms with van der Waals surface area (Å²) in [6.07, 6.45) is 2.89. The van der Waals surface area contributed by atoms with Crippen LogP contribution in [0, 0.1) is 0 Å². The van der Waals surface area contributed by atoms with Crippen molar-refractivity contribution in [2.75, 3.05) is 19.6 Å². The molecule has 0 spiro atoms. The van der Waals surface area contributed by atoms with E-state index in [2.05, 4.69) is 4.98 Å². The highest BCUT2D eigenvalue weighted by Crippen LogP contribution is 2.28. The van der Waals surface area contributed by atoms with Crippen LogP contribution in [0.3, 0.4) is 0 Å². The molecule has 1 aromatic carbocycles. The summed E-state index contributed by atoms with van der Waals surface area (Å²) in [4.78, 5) is 17.8. The average molecular weight is 345 g/mol. The normalized spacial score (nSPS) is 19.2. The number of rotatable bonds is 3. The Balaban J connectivity index is 1.92. The van der Waals surface area contributed by atoms with Gasteiger partial charge in [-0.1, -0.05) is 30.3 Å². The first kappa shape index (κ1) is 16.6. The van der Waals surface area contributed by atoms with Crippen LogP contribution in [0.4, 0.5) is 0 Å². The minimum absolute atomic E-state index is 0.0534. The molecule has 1 amide bonds. The number of piperazine rings is 1. The zero-order valence-corrected chi connectivity index (χ0v) is 14.2. The molecule has 7 heteroatoms. The van der Waals surface area contributed by atoms with Gasteiger partial charge in [-0.3, -0.25) is 9.78 Å². The molecule has 0 bridgehead atoms. The molecule has 1 aromatic heterocycles. The van der Waals surface area contributed by atoms with Crippen LogP contribution in [-0.4, -0.2) is 48.1 Å². The Morgan fingerprint density at radius 1 is 1.12 bits per heavy atom. The molecule has 1 fully saturated rings. The lowest BCUT2D eigenvalue weighted by atomic mass is 10.0. The van der Waals surface area contributed by atoms with Gasteiger partial charge >= 0.3 is 0 Å². The van der Waals surface area contributed by atoms with E-state index in [-0.39, 0.29) is 29.9 Å². The maximum absolute atomic E-state index is 12.8. The zero-order valence-electron chi connectivity index (χ0n) is 13.4. The third-order valence-corrected chi connectivity index (χ3v) is 6.05. The number of aromatic nitrogens is 1. The van der Waals surface area contributed by atoms with Crippen LogP contribution in [0.5, 0.6) is 0 Å². The van der Waals surface area contributed by atoms with Crippen molar-refractivity contribution in [3.05, 3.63) is 60.4 Å². The van der Waals surface area contributed by atoms with Crippen molar-refractivity contribution in [1.82, 2.24) is 14.2 Å². The van der Waals surface area contributed by atoms with Crippen molar-refractivity contribution in [2.45, 2.75) is 17.9 Å². The van der Waals surface area contributed by atoms with E-state index in [1.807, 2.05) is 30.3 Å². The highest BCUT2D eigenvalue weighted by Gasteiger charge is 2.36. The summed E-state index contributed by atoms with van der Waals surface area (Å²) in [5, 5.41) is 0. The number of hydrogen-bond acceptors (Lipinski definition) is 4. The lowest BCUT2D eigenvalue weighted by molar-refractivity contribution is -0.133. The summed E-state index contributed by atoms with van der Waals surface area (Å²) < 4.78 is 27.1. The summed E-state index contributed by atoms with van der Waals surface area (Å²) in [5.41, 5.74) is 0.929. The molecule has 1 aliphatic rings. The summed E-state index contributed by atoms with van der Waals surface area (Å²) in [7, 11) is -3.62. The van der Waals surface area contributed by atoms with Crippen LogP contribution in [-0.2, 0) is 14.8 Å². The maximum Gasteiger partial charge on any atom is 0.244 e. The molecule has 0 radical (unpaired) electrons. The molecule has 2 heterocycles. The molecule has 1 atom stereocenters. The van der Waals surface area contributed by atoms with Crippen molar-refractivity contribution < 1.29 is 13.2 Å². The minimum atomic E-state index is -3.62. The van der Waals surface area contributed by atoms with E-state index < -0.39 is 10.0 Å². The van der Waals surface area contributed by atoms with Gasteiger partial charge in [0.2, 0.25) is 15.9 Å². The number of carbonyl (C=O) groups is 1. The molecule has 0 saturated carbocycles. The second-order valence-corrected chi connectivity index (χ2v) is 7.63. The molecular formula is C17H19N3O3S. The molecule has 2 aromatic rings. The Morgan fingerprint density at radius 2 is 1.88 bits per heavy atom. The van der Waals surface area contributed by atoms with Crippen LogP contribution in [0.1, 0.15) is 18.5 Å². The fourth-order valence-corrected chi connectivity index (χ4v) is 4.36. The van der Waals surface area contributed by atoms with Crippen LogP contribution >= 0.6 is 0 Å². The van der Waals surface area contributed by atoms with Crippen molar-refractivity contribution >= 4 is 15.9 Å². The standard InChI is InChI=1S/C17H19N3O3S/c1-14(21)20-11-10-19(13-17(20)15-6-3-2-4-7-15)24(22,23)16-8-5-9-18-12-16/h2-9,12,17H,10-11,13H2,1H3/t17-/m1/s1. The molecule has 0 unspecified atom stereocenters. The third-order valence-electron chi connectivity index (χ3n) is 4.20. The molecule has 1 aliphatic heterocycles. The van der Waals surface area contributed by atoms with Crippen LogP contribution in [0.2, 0.25) is 0 Å². The predicted octanol–water partition coefficient (Wildman–Crippen LogP) is 1.68. The van der Waals surface area contributed by atoms with Gasteiger partial charge in [-0.05, 0) is 17.7 Å². The van der Waals surface area contributed by atoms with Gasteiger partial charge in [0.1, 0.15) is 4.90 Å². The molecule has 1 saturated heterocycles. The number of pyridine rings is 1. The maximum atomic E-state index is 12.8. The number of nitrogens with zero attached hydrogens (tertiary/aromatic N) is 3. The lowest BCUT2D eigenvalue weighted by Gasteiger charge is -2.40. The first-order valence-electron chi connectivity index (χ1n) is 7.72. The summed E-state index contributed by atoms with van der Waals surface area (Å²) in [6, 6.07) is 12.4. The third kappa shape index (κ3) is 3.18. The monoisotopic (exact) mass is 345 g/mol. The van der Waals surface area contributed by atoms with Gasteiger partial charge in [-0.25, -0.2) is 8.42 Å². The highest BCUT2D eigenvalue weighted by atomic mass is 32.2. The van der Waals surface area contributed by atoms with E-state index in [1.165, 1.54) is 23.5 Å². The summed E-state index contributed by atoms with van der Waals surface area (Å²) in [5.74, 6) is -0.0534. The van der Waals surface area contributed by atoms with E-state index in [0.717, 1.165) is 5.56 Å². The van der Waals surface area contributed by atoms with Gasteiger partial charge < -0.3 is 4.90 Å². The Kier molecular flexibility index (Phi) is 4.64. The van der Waals surface area contributed by atoms with Crippen molar-refractivity contribution in [3.63, 3.8) is 0 Å². The fraction of sp³-hybridized carbons (Fsp3) is 0.294. The Morgan fingerprint density at radius 3 is 2.50 bits per heavy atom. The molecule has 24 heavy (non-hydrogen) atoms. The van der Waals surface area contributed by atoms with Gasteiger partial charge in [0.15, 0.2) is 0 Å². The summed E-state index contributed by atoms with van der Waals surface area (Å²) in [6.45, 7) is 2.40. The van der Waals surface area contributed by atoms with Crippen molar-refractivity contribution in [2.24, 2.45) is 0 Å². The second kappa shape index (κ2) is 6.70. The van der Waals surface area contributed by atoms with Crippen molar-refractivity contribution in [1.29, 1.82) is 0 Å². The summed E-state index contributed by atoms with van der Waals surface area (Å²) >= 11 is 0. The van der Waals surface area contributed by atoms with E-state index in [4.69, 9.17) is 0 Å². The predicted molar refractivity (Wildman–Crippen MR) is 89.6 cm³/mol. The van der Waals surface area contributed by atoms with Gasteiger partial charge in [0.05, 0.1) is 6.04 Å². The number of amides is 1. The zero-order chi connectivity index (χ0) is 17.2. The second-order valence-electron chi connectivity index (χ2n) is 5.69. The lowest BCUT2D eigenvalue weighted by Crippen LogP contribution is -2.51. The number of sulfonamides is 1. The Labute approximate surface area is 141 Å². The molecule has 0 N–H and O–H groups in total. The van der Waals surface area contributed by atoms with Crippen LogP contribution in [0.15, 0.2) is 59.8 Å². The number of benzene rings is 1. The Bertz CT molecular complexity index is 809. The Hall–Kier alpha value is -2.25. The van der Waals surface area contributed by atoms with E-state index in [0.29, 0.717) is 6.54 Å².